The monoisotopic (exact) mass is 666 g/mol. The van der Waals surface area contributed by atoms with Crippen LogP contribution in [0.5, 0.6) is 0 Å². The molecule has 0 bridgehead atoms. The van der Waals surface area contributed by atoms with E-state index >= 15 is 0 Å². The number of hydrogen-bond donors (Lipinski definition) is 0. The maximum Gasteiger partial charge on any atom is 0.238 e. The van der Waals surface area contributed by atoms with E-state index in [2.05, 4.69) is 173 Å². The summed E-state index contributed by atoms with van der Waals surface area (Å²) < 4.78 is 0. The number of fused-ring (bicyclic) bond motifs is 4. The standard InChI is InChI=1S/C46H30N6/c1-3-20-35-31(14-1)16-12-22-37(35)44-48-45(38-23-13-17-32-15-2-4-21-36(32)38)50-46(49-44)52-42-27-7-5-25-40(42)51(41-26-6-8-28-43(41)52)34-19-11-18-33(30-34)39-24-9-10-29-47-39/h1-30H. The number of aromatic nitrogens is 4. The van der Waals surface area contributed by atoms with Gasteiger partial charge in [-0.3, -0.25) is 9.88 Å². The third-order valence-electron chi connectivity index (χ3n) is 9.68. The highest BCUT2D eigenvalue weighted by molar-refractivity contribution is 6.02. The molecular weight excluding hydrogens is 637 g/mol. The molecule has 0 atom stereocenters. The van der Waals surface area contributed by atoms with Gasteiger partial charge < -0.3 is 4.90 Å². The Morgan fingerprint density at radius 2 is 0.885 bits per heavy atom. The van der Waals surface area contributed by atoms with E-state index in [1.54, 1.807) is 0 Å². The molecule has 0 saturated carbocycles. The zero-order chi connectivity index (χ0) is 34.4. The van der Waals surface area contributed by atoms with Crippen molar-refractivity contribution in [3.63, 3.8) is 0 Å². The minimum Gasteiger partial charge on any atom is -0.306 e. The maximum atomic E-state index is 5.31. The highest BCUT2D eigenvalue weighted by Crippen LogP contribution is 2.53. The number of pyridine rings is 1. The molecule has 6 nitrogen and oxygen atoms in total. The van der Waals surface area contributed by atoms with Gasteiger partial charge in [0.1, 0.15) is 0 Å². The van der Waals surface area contributed by atoms with Crippen molar-refractivity contribution in [2.24, 2.45) is 0 Å². The lowest BCUT2D eigenvalue weighted by atomic mass is 10.0. The van der Waals surface area contributed by atoms with Crippen molar-refractivity contribution in [2.45, 2.75) is 0 Å². The Bertz CT molecular complexity index is 2620. The minimum atomic E-state index is 0.544. The Kier molecular flexibility index (Phi) is 7.03. The van der Waals surface area contributed by atoms with Crippen LogP contribution in [0.4, 0.5) is 34.4 Å². The summed E-state index contributed by atoms with van der Waals surface area (Å²) >= 11 is 0. The Hall–Kier alpha value is -7.18. The molecule has 1 aliphatic rings. The first-order chi connectivity index (χ1) is 25.8. The van der Waals surface area contributed by atoms with Crippen molar-refractivity contribution in [3.8, 4) is 34.0 Å². The first-order valence-corrected chi connectivity index (χ1v) is 17.3. The third-order valence-corrected chi connectivity index (χ3v) is 9.68. The molecule has 0 N–H and O–H groups in total. The lowest BCUT2D eigenvalue weighted by molar-refractivity contribution is 1.01. The van der Waals surface area contributed by atoms with Crippen molar-refractivity contribution in [3.05, 3.63) is 182 Å². The highest BCUT2D eigenvalue weighted by Gasteiger charge is 2.32. The summed E-state index contributed by atoms with van der Waals surface area (Å²) in [5, 5.41) is 4.44. The summed E-state index contributed by atoms with van der Waals surface area (Å²) in [5.41, 5.74) is 8.86. The largest absolute Gasteiger partial charge is 0.306 e. The van der Waals surface area contributed by atoms with Gasteiger partial charge in [-0.15, -0.1) is 0 Å². The smallest absolute Gasteiger partial charge is 0.238 e. The van der Waals surface area contributed by atoms with E-state index in [9.17, 15) is 0 Å². The summed E-state index contributed by atoms with van der Waals surface area (Å²) in [6, 6.07) is 60.8. The van der Waals surface area contributed by atoms with Crippen LogP contribution >= 0.6 is 0 Å². The van der Waals surface area contributed by atoms with Crippen LogP contribution in [0.15, 0.2) is 182 Å². The van der Waals surface area contributed by atoms with E-state index < -0.39 is 0 Å². The molecule has 244 valence electrons. The number of para-hydroxylation sites is 4. The van der Waals surface area contributed by atoms with Crippen LogP contribution < -0.4 is 9.80 Å². The van der Waals surface area contributed by atoms with Crippen LogP contribution in [0.3, 0.4) is 0 Å². The Labute approximate surface area is 301 Å². The van der Waals surface area contributed by atoms with Gasteiger partial charge in [0.15, 0.2) is 11.6 Å². The number of benzene rings is 7. The normalized spacial score (nSPS) is 12.2. The SMILES string of the molecule is c1ccc(-c2cccc(N3c4ccccc4N(c4nc(-c5cccc6ccccc56)nc(-c5cccc6ccccc56)n4)c4ccccc43)c2)nc1. The van der Waals surface area contributed by atoms with Crippen molar-refractivity contribution in [2.75, 3.05) is 9.80 Å². The lowest BCUT2D eigenvalue weighted by Crippen LogP contribution is -2.25. The summed E-state index contributed by atoms with van der Waals surface area (Å²) in [4.78, 5) is 25.0. The third kappa shape index (κ3) is 4.96. The second-order valence-corrected chi connectivity index (χ2v) is 12.7. The van der Waals surface area contributed by atoms with Gasteiger partial charge >= 0.3 is 0 Å². The van der Waals surface area contributed by atoms with Crippen LogP contribution in [0.25, 0.3) is 55.6 Å². The molecular formula is C46H30N6. The number of hydrogen-bond acceptors (Lipinski definition) is 6. The molecule has 10 rings (SSSR count). The maximum absolute atomic E-state index is 5.31. The van der Waals surface area contributed by atoms with Crippen molar-refractivity contribution in [1.29, 1.82) is 0 Å². The molecule has 3 heterocycles. The molecule has 0 saturated heterocycles. The van der Waals surface area contributed by atoms with Crippen LogP contribution in [0, 0.1) is 0 Å². The average molecular weight is 667 g/mol. The Morgan fingerprint density at radius 1 is 0.385 bits per heavy atom. The fourth-order valence-corrected chi connectivity index (χ4v) is 7.32. The van der Waals surface area contributed by atoms with Gasteiger partial charge in [0.05, 0.1) is 28.4 Å². The van der Waals surface area contributed by atoms with Gasteiger partial charge in [0, 0.05) is 28.6 Å². The van der Waals surface area contributed by atoms with Gasteiger partial charge in [-0.2, -0.15) is 9.97 Å². The molecule has 9 aromatic rings. The molecule has 0 unspecified atom stereocenters. The van der Waals surface area contributed by atoms with Crippen molar-refractivity contribution < 1.29 is 0 Å². The molecule has 0 fully saturated rings. The average Bonchev–Trinajstić information content (AvgIpc) is 3.22. The lowest BCUT2D eigenvalue weighted by Gasteiger charge is -2.39. The van der Waals surface area contributed by atoms with Gasteiger partial charge in [0.25, 0.3) is 0 Å². The molecule has 0 aliphatic carbocycles. The summed E-state index contributed by atoms with van der Waals surface area (Å²) in [5.74, 6) is 1.78. The van der Waals surface area contributed by atoms with Crippen molar-refractivity contribution >= 4 is 55.9 Å². The molecule has 7 aromatic carbocycles. The van der Waals surface area contributed by atoms with E-state index in [-0.39, 0.29) is 0 Å². The molecule has 2 aromatic heterocycles. The topological polar surface area (TPSA) is 58.0 Å². The van der Waals surface area contributed by atoms with Crippen LogP contribution in [0.2, 0.25) is 0 Å². The Balaban J connectivity index is 1.21. The molecule has 0 spiro atoms. The summed E-state index contributed by atoms with van der Waals surface area (Å²) in [6.45, 7) is 0. The molecule has 1 aliphatic heterocycles. The minimum absolute atomic E-state index is 0.544. The second-order valence-electron chi connectivity index (χ2n) is 12.7. The van der Waals surface area contributed by atoms with Gasteiger partial charge in [-0.1, -0.05) is 127 Å². The zero-order valence-electron chi connectivity index (χ0n) is 28.0. The molecule has 0 amide bonds. The summed E-state index contributed by atoms with van der Waals surface area (Å²) in [6.07, 6.45) is 1.83. The number of rotatable bonds is 5. The van der Waals surface area contributed by atoms with E-state index in [0.717, 1.165) is 72.4 Å². The summed E-state index contributed by atoms with van der Waals surface area (Å²) in [7, 11) is 0. The van der Waals surface area contributed by atoms with Gasteiger partial charge in [-0.05, 0) is 70.1 Å². The van der Waals surface area contributed by atoms with Crippen molar-refractivity contribution in [1.82, 2.24) is 19.9 Å². The first-order valence-electron chi connectivity index (χ1n) is 17.3. The van der Waals surface area contributed by atoms with E-state index in [0.29, 0.717) is 17.6 Å². The second kappa shape index (κ2) is 12.3. The van der Waals surface area contributed by atoms with E-state index in [1.165, 1.54) is 0 Å². The van der Waals surface area contributed by atoms with Gasteiger partial charge in [0.2, 0.25) is 5.95 Å². The van der Waals surface area contributed by atoms with Crippen LogP contribution in [-0.4, -0.2) is 19.9 Å². The number of anilines is 6. The highest BCUT2D eigenvalue weighted by atomic mass is 15.3. The van der Waals surface area contributed by atoms with Crippen LogP contribution in [0.1, 0.15) is 0 Å². The molecule has 6 heteroatoms. The fraction of sp³-hybridized carbons (Fsp3) is 0. The predicted octanol–water partition coefficient (Wildman–Crippen LogP) is 11.8. The van der Waals surface area contributed by atoms with E-state index in [4.69, 9.17) is 15.0 Å². The van der Waals surface area contributed by atoms with E-state index in [1.807, 2.05) is 24.4 Å². The number of nitrogens with zero attached hydrogens (tertiary/aromatic N) is 6. The molecule has 52 heavy (non-hydrogen) atoms. The zero-order valence-corrected chi connectivity index (χ0v) is 28.0. The molecule has 0 radical (unpaired) electrons. The first kappa shape index (κ1) is 29.7. The fourth-order valence-electron chi connectivity index (χ4n) is 7.32. The van der Waals surface area contributed by atoms with Gasteiger partial charge in [-0.25, -0.2) is 4.98 Å². The quantitative estimate of drug-likeness (QED) is 0.182. The predicted molar refractivity (Wildman–Crippen MR) is 212 cm³/mol. The Morgan fingerprint density at radius 3 is 1.46 bits per heavy atom. The van der Waals surface area contributed by atoms with Crippen LogP contribution in [-0.2, 0) is 0 Å².